The third kappa shape index (κ3) is 3.46. The molecule has 2 rings (SSSR count). The van der Waals surface area contributed by atoms with Crippen molar-refractivity contribution in [1.82, 2.24) is 0 Å². The number of hydrogen-bond donors (Lipinski definition) is 1. The summed E-state index contributed by atoms with van der Waals surface area (Å²) in [4.78, 5) is 10.1. The topological polar surface area (TPSA) is 55.2 Å². The molecule has 1 N–H and O–H groups in total. The van der Waals surface area contributed by atoms with Crippen LogP contribution >= 0.6 is 27.5 Å². The summed E-state index contributed by atoms with van der Waals surface area (Å²) in [5, 5.41) is 13.8. The van der Waals surface area contributed by atoms with E-state index in [0.29, 0.717) is 11.3 Å². The Balaban J connectivity index is 2.15. The molecule has 0 aliphatic heterocycles. The lowest BCUT2D eigenvalue weighted by molar-refractivity contribution is -0.384. The van der Waals surface area contributed by atoms with Gasteiger partial charge in [-0.25, -0.2) is 4.39 Å². The highest BCUT2D eigenvalue weighted by Crippen LogP contribution is 2.25. The number of non-ortho nitro benzene ring substituents is 1. The second kappa shape index (κ2) is 6.19. The first kappa shape index (κ1) is 14.7. The van der Waals surface area contributed by atoms with Crippen LogP contribution < -0.4 is 5.32 Å². The van der Waals surface area contributed by atoms with Gasteiger partial charge in [-0.05, 0) is 29.8 Å². The zero-order chi connectivity index (χ0) is 14.7. The minimum Gasteiger partial charge on any atom is -0.379 e. The van der Waals surface area contributed by atoms with E-state index in [4.69, 9.17) is 11.6 Å². The Morgan fingerprint density at radius 3 is 2.70 bits per heavy atom. The van der Waals surface area contributed by atoms with E-state index in [-0.39, 0.29) is 23.1 Å². The summed E-state index contributed by atoms with van der Waals surface area (Å²) in [5.74, 6) is -0.383. The lowest BCUT2D eigenvalue weighted by Crippen LogP contribution is -2.02. The summed E-state index contributed by atoms with van der Waals surface area (Å²) in [7, 11) is 0. The van der Waals surface area contributed by atoms with E-state index in [1.165, 1.54) is 18.2 Å². The summed E-state index contributed by atoms with van der Waals surface area (Å²) in [6.45, 7) is 0.268. The molecule has 0 radical (unpaired) electrons. The number of benzene rings is 2. The molecule has 2 aromatic rings. The number of rotatable bonds is 4. The average Bonchev–Trinajstić information content (AvgIpc) is 2.40. The number of hydrogen-bond acceptors (Lipinski definition) is 3. The summed E-state index contributed by atoms with van der Waals surface area (Å²) in [5.41, 5.74) is 0.901. The molecular formula is C13H9BrClFN2O2. The van der Waals surface area contributed by atoms with Crippen molar-refractivity contribution < 1.29 is 9.31 Å². The molecule has 7 heteroatoms. The first-order chi connectivity index (χ1) is 9.47. The van der Waals surface area contributed by atoms with Gasteiger partial charge in [-0.1, -0.05) is 27.5 Å². The van der Waals surface area contributed by atoms with Crippen LogP contribution in [0.2, 0.25) is 5.02 Å². The molecule has 0 amide bonds. The molecule has 0 aliphatic carbocycles. The molecule has 0 fully saturated rings. The van der Waals surface area contributed by atoms with Gasteiger partial charge >= 0.3 is 0 Å². The predicted octanol–water partition coefficient (Wildman–Crippen LogP) is 4.76. The highest BCUT2D eigenvalue weighted by Gasteiger charge is 2.10. The quantitative estimate of drug-likeness (QED) is 0.632. The summed E-state index contributed by atoms with van der Waals surface area (Å²) >= 11 is 9.22. The maximum absolute atomic E-state index is 13.5. The van der Waals surface area contributed by atoms with E-state index in [1.807, 2.05) is 0 Å². The molecule has 0 spiro atoms. The van der Waals surface area contributed by atoms with Gasteiger partial charge in [0.05, 0.1) is 15.6 Å². The molecule has 4 nitrogen and oxygen atoms in total. The Bertz CT molecular complexity index is 667. The Morgan fingerprint density at radius 1 is 1.30 bits per heavy atom. The van der Waals surface area contributed by atoms with Crippen LogP contribution in [0.4, 0.5) is 15.8 Å². The fourth-order valence-electron chi connectivity index (χ4n) is 1.62. The van der Waals surface area contributed by atoms with Gasteiger partial charge in [0.15, 0.2) is 0 Å². The van der Waals surface area contributed by atoms with Crippen LogP contribution in [-0.2, 0) is 6.54 Å². The van der Waals surface area contributed by atoms with Crippen LogP contribution in [-0.4, -0.2) is 4.92 Å². The molecular weight excluding hydrogens is 351 g/mol. The third-order valence-corrected chi connectivity index (χ3v) is 3.49. The number of halogens is 3. The average molecular weight is 360 g/mol. The standard InChI is InChI=1S/C13H9BrClFN2O2/c14-9-2-4-12(16)13(5-9)17-7-8-1-3-10(18(19)20)6-11(8)15/h1-6,17H,7H2. The number of anilines is 1. The lowest BCUT2D eigenvalue weighted by Gasteiger charge is -2.09. The first-order valence-corrected chi connectivity index (χ1v) is 6.76. The fraction of sp³-hybridized carbons (Fsp3) is 0.0769. The van der Waals surface area contributed by atoms with E-state index >= 15 is 0 Å². The first-order valence-electron chi connectivity index (χ1n) is 5.59. The van der Waals surface area contributed by atoms with Crippen LogP contribution in [0.15, 0.2) is 40.9 Å². The van der Waals surface area contributed by atoms with E-state index < -0.39 is 4.92 Å². The molecule has 0 heterocycles. The van der Waals surface area contributed by atoms with Gasteiger partial charge in [-0.2, -0.15) is 0 Å². The Hall–Kier alpha value is -1.66. The number of nitrogens with zero attached hydrogens (tertiary/aromatic N) is 1. The van der Waals surface area contributed by atoms with Crippen molar-refractivity contribution in [1.29, 1.82) is 0 Å². The van der Waals surface area contributed by atoms with Gasteiger partial charge < -0.3 is 5.32 Å². The minimum atomic E-state index is -0.517. The maximum atomic E-state index is 13.5. The Labute approximate surface area is 127 Å². The van der Waals surface area contributed by atoms with Gasteiger partial charge in [0.1, 0.15) is 5.82 Å². The molecule has 0 unspecified atom stereocenters. The summed E-state index contributed by atoms with van der Waals surface area (Å²) in [6.07, 6.45) is 0. The highest BCUT2D eigenvalue weighted by molar-refractivity contribution is 9.10. The second-order valence-corrected chi connectivity index (χ2v) is 5.33. The Morgan fingerprint density at radius 2 is 2.05 bits per heavy atom. The molecule has 0 aliphatic rings. The van der Waals surface area contributed by atoms with Crippen molar-refractivity contribution >= 4 is 38.9 Å². The van der Waals surface area contributed by atoms with Gasteiger partial charge in [0, 0.05) is 23.2 Å². The second-order valence-electron chi connectivity index (χ2n) is 4.01. The lowest BCUT2D eigenvalue weighted by atomic mass is 10.2. The smallest absolute Gasteiger partial charge is 0.270 e. The van der Waals surface area contributed by atoms with Crippen molar-refractivity contribution in [3.63, 3.8) is 0 Å². The summed E-state index contributed by atoms with van der Waals surface area (Å²) < 4.78 is 14.3. The molecule has 0 saturated heterocycles. The number of nitro groups is 1. The largest absolute Gasteiger partial charge is 0.379 e. The zero-order valence-corrected chi connectivity index (χ0v) is 12.4. The van der Waals surface area contributed by atoms with E-state index in [0.717, 1.165) is 4.47 Å². The van der Waals surface area contributed by atoms with Gasteiger partial charge in [-0.3, -0.25) is 10.1 Å². The number of nitrogens with one attached hydrogen (secondary N) is 1. The van der Waals surface area contributed by atoms with Gasteiger partial charge in [0.25, 0.3) is 5.69 Å². The van der Waals surface area contributed by atoms with Crippen LogP contribution in [0.25, 0.3) is 0 Å². The van der Waals surface area contributed by atoms with Gasteiger partial charge in [0.2, 0.25) is 0 Å². The number of nitro benzene ring substituents is 1. The zero-order valence-electron chi connectivity index (χ0n) is 10.1. The molecule has 0 saturated carbocycles. The van der Waals surface area contributed by atoms with E-state index in [2.05, 4.69) is 21.2 Å². The van der Waals surface area contributed by atoms with Crippen LogP contribution in [0.1, 0.15) is 5.56 Å². The van der Waals surface area contributed by atoms with Crippen LogP contribution in [0.3, 0.4) is 0 Å². The van der Waals surface area contributed by atoms with E-state index in [9.17, 15) is 14.5 Å². The molecule has 0 aromatic heterocycles. The fourth-order valence-corrected chi connectivity index (χ4v) is 2.22. The van der Waals surface area contributed by atoms with Crippen LogP contribution in [0.5, 0.6) is 0 Å². The molecule has 104 valence electrons. The highest BCUT2D eigenvalue weighted by atomic mass is 79.9. The van der Waals surface area contributed by atoms with Gasteiger partial charge in [-0.15, -0.1) is 0 Å². The monoisotopic (exact) mass is 358 g/mol. The van der Waals surface area contributed by atoms with Crippen molar-refractivity contribution in [2.45, 2.75) is 6.54 Å². The Kier molecular flexibility index (Phi) is 4.57. The molecule has 2 aromatic carbocycles. The van der Waals surface area contributed by atoms with Crippen molar-refractivity contribution in [2.24, 2.45) is 0 Å². The van der Waals surface area contributed by atoms with E-state index in [1.54, 1.807) is 18.2 Å². The minimum absolute atomic E-state index is 0.0765. The molecule has 0 atom stereocenters. The predicted molar refractivity (Wildman–Crippen MR) is 79.5 cm³/mol. The molecule has 0 bridgehead atoms. The maximum Gasteiger partial charge on any atom is 0.270 e. The normalized spacial score (nSPS) is 10.3. The SMILES string of the molecule is O=[N+]([O-])c1ccc(CNc2cc(Br)ccc2F)c(Cl)c1. The van der Waals surface area contributed by atoms with Crippen molar-refractivity contribution in [3.05, 3.63) is 67.4 Å². The van der Waals surface area contributed by atoms with Crippen LogP contribution in [0, 0.1) is 15.9 Å². The summed E-state index contributed by atoms with van der Waals surface area (Å²) in [6, 6.07) is 8.72. The molecule has 20 heavy (non-hydrogen) atoms. The van der Waals surface area contributed by atoms with Crippen molar-refractivity contribution in [3.8, 4) is 0 Å². The third-order valence-electron chi connectivity index (χ3n) is 2.65. The van der Waals surface area contributed by atoms with Crippen molar-refractivity contribution in [2.75, 3.05) is 5.32 Å².